The zero-order chi connectivity index (χ0) is 24.3. The van der Waals surface area contributed by atoms with Crippen LogP contribution in [0.5, 0.6) is 0 Å². The van der Waals surface area contributed by atoms with Crippen LogP contribution in [0.4, 0.5) is 5.69 Å². The van der Waals surface area contributed by atoms with Gasteiger partial charge in [-0.25, -0.2) is 9.97 Å². The Hall–Kier alpha value is -3.36. The Morgan fingerprint density at radius 1 is 1.18 bits per heavy atom. The first-order chi connectivity index (χ1) is 16.3. The molecule has 1 aliphatic rings. The van der Waals surface area contributed by atoms with Crippen molar-refractivity contribution in [1.29, 1.82) is 0 Å². The largest absolute Gasteiger partial charge is 0.348 e. The van der Waals surface area contributed by atoms with E-state index in [0.29, 0.717) is 22.4 Å². The van der Waals surface area contributed by atoms with Gasteiger partial charge < -0.3 is 15.5 Å². The van der Waals surface area contributed by atoms with E-state index in [1.165, 1.54) is 6.08 Å². The molecule has 1 aliphatic carbocycles. The summed E-state index contributed by atoms with van der Waals surface area (Å²) in [7, 11) is 5.42. The molecular weight excluding hydrogens is 442 g/mol. The molecule has 1 aromatic heterocycles. The highest BCUT2D eigenvalue weighted by atomic mass is 28.1. The van der Waals surface area contributed by atoms with Crippen LogP contribution in [0.15, 0.2) is 61.3 Å². The Morgan fingerprint density at radius 3 is 2.65 bits per heavy atom. The third kappa shape index (κ3) is 5.08. The van der Waals surface area contributed by atoms with Gasteiger partial charge in [-0.15, -0.1) is 0 Å². The fourth-order valence-electron chi connectivity index (χ4n) is 4.42. The maximum Gasteiger partial charge on any atom is 0.270 e. The molecule has 2 N–H and O–H groups in total. The van der Waals surface area contributed by atoms with Crippen molar-refractivity contribution in [2.75, 3.05) is 19.4 Å². The number of benzene rings is 2. The number of anilines is 1. The molecule has 7 nitrogen and oxygen atoms in total. The number of hydrogen-bond donors (Lipinski definition) is 2. The van der Waals surface area contributed by atoms with Crippen LogP contribution in [0.2, 0.25) is 0 Å². The molecule has 0 bridgehead atoms. The predicted molar refractivity (Wildman–Crippen MR) is 140 cm³/mol. The van der Waals surface area contributed by atoms with Crippen LogP contribution in [-0.2, 0) is 4.79 Å². The number of amides is 2. The minimum atomic E-state index is -0.274. The van der Waals surface area contributed by atoms with Crippen molar-refractivity contribution in [1.82, 2.24) is 20.2 Å². The quantitative estimate of drug-likeness (QED) is 0.425. The molecule has 0 atom stereocenters. The first-order valence-electron chi connectivity index (χ1n) is 11.6. The Bertz CT molecular complexity index is 1230. The van der Waals surface area contributed by atoms with Gasteiger partial charge in [0.2, 0.25) is 5.91 Å². The Kier molecular flexibility index (Phi) is 6.90. The van der Waals surface area contributed by atoms with E-state index in [2.05, 4.69) is 46.2 Å². The van der Waals surface area contributed by atoms with E-state index in [4.69, 9.17) is 0 Å². The van der Waals surface area contributed by atoms with Crippen LogP contribution in [0.3, 0.4) is 0 Å². The second-order valence-electron chi connectivity index (χ2n) is 9.34. The molecule has 3 aromatic rings. The average Bonchev–Trinajstić information content (AvgIpc) is 2.85. The monoisotopic (exact) mass is 473 g/mol. The first kappa shape index (κ1) is 23.8. The minimum absolute atomic E-state index is 0.168. The van der Waals surface area contributed by atoms with E-state index in [9.17, 15) is 9.59 Å². The first-order valence-corrected chi connectivity index (χ1v) is 12.6. The van der Waals surface area contributed by atoms with Crippen molar-refractivity contribution in [2.45, 2.75) is 36.9 Å². The van der Waals surface area contributed by atoms with Gasteiger partial charge in [0, 0.05) is 44.3 Å². The van der Waals surface area contributed by atoms with Crippen molar-refractivity contribution in [2.24, 2.45) is 0 Å². The smallest absolute Gasteiger partial charge is 0.270 e. The molecular formula is C26H31N5O2Si. The Morgan fingerprint density at radius 2 is 1.94 bits per heavy atom. The molecule has 2 amide bonds. The van der Waals surface area contributed by atoms with Crippen LogP contribution in [0.1, 0.15) is 36.2 Å². The number of nitrogens with zero attached hydrogens (tertiary/aromatic N) is 3. The molecule has 4 rings (SSSR count). The lowest BCUT2D eigenvalue weighted by Gasteiger charge is -2.42. The van der Waals surface area contributed by atoms with E-state index in [1.54, 1.807) is 12.3 Å². The summed E-state index contributed by atoms with van der Waals surface area (Å²) in [5, 5.41) is 8.17. The van der Waals surface area contributed by atoms with Crippen LogP contribution in [-0.4, -0.2) is 62.2 Å². The van der Waals surface area contributed by atoms with Crippen molar-refractivity contribution in [3.63, 3.8) is 0 Å². The van der Waals surface area contributed by atoms with Gasteiger partial charge >= 0.3 is 0 Å². The zero-order valence-corrected chi connectivity index (χ0v) is 22.0. The third-order valence-electron chi connectivity index (χ3n) is 6.95. The molecule has 0 unspecified atom stereocenters. The molecule has 1 fully saturated rings. The second kappa shape index (κ2) is 9.86. The number of carbonyl (C=O) groups is 2. The van der Waals surface area contributed by atoms with Gasteiger partial charge in [0.15, 0.2) is 5.82 Å². The number of hydrogen-bond acceptors (Lipinski definition) is 5. The van der Waals surface area contributed by atoms with Crippen LogP contribution in [0.25, 0.3) is 22.2 Å². The summed E-state index contributed by atoms with van der Waals surface area (Å²) in [5.41, 5.74) is 1.81. The van der Waals surface area contributed by atoms with Crippen molar-refractivity contribution < 1.29 is 9.59 Å². The Balaban J connectivity index is 1.53. The minimum Gasteiger partial charge on any atom is -0.348 e. The second-order valence-corrected chi connectivity index (χ2v) is 11.2. The van der Waals surface area contributed by atoms with E-state index in [0.717, 1.165) is 52.3 Å². The molecule has 1 heterocycles. The number of carbonyl (C=O) groups excluding carboxylic acids is 2. The topological polar surface area (TPSA) is 87.2 Å². The molecule has 34 heavy (non-hydrogen) atoms. The zero-order valence-electron chi connectivity index (χ0n) is 20.0. The lowest BCUT2D eigenvalue weighted by atomic mass is 9.89. The van der Waals surface area contributed by atoms with Gasteiger partial charge in [0.1, 0.15) is 5.69 Å². The van der Waals surface area contributed by atoms with Gasteiger partial charge in [-0.1, -0.05) is 30.8 Å². The summed E-state index contributed by atoms with van der Waals surface area (Å²) in [4.78, 5) is 36.1. The highest BCUT2D eigenvalue weighted by molar-refractivity contribution is 6.15. The van der Waals surface area contributed by atoms with E-state index >= 15 is 0 Å². The van der Waals surface area contributed by atoms with Crippen LogP contribution in [0, 0.1) is 0 Å². The summed E-state index contributed by atoms with van der Waals surface area (Å²) in [6, 6.07) is 13.3. The summed E-state index contributed by atoms with van der Waals surface area (Å²) in [6.45, 7) is 3.51. The summed E-state index contributed by atoms with van der Waals surface area (Å²) in [6.07, 6.45) is 7.03. The van der Waals surface area contributed by atoms with Crippen molar-refractivity contribution in [3.05, 3.63) is 67.0 Å². The Labute approximate surface area is 203 Å². The van der Waals surface area contributed by atoms with Gasteiger partial charge in [-0.3, -0.25) is 9.59 Å². The lowest BCUT2D eigenvalue weighted by molar-refractivity contribution is -0.111. The maximum atomic E-state index is 13.0. The van der Waals surface area contributed by atoms with Gasteiger partial charge in [-0.05, 0) is 69.4 Å². The van der Waals surface area contributed by atoms with E-state index in [1.807, 2.05) is 36.4 Å². The molecule has 8 heteroatoms. The highest BCUT2D eigenvalue weighted by Crippen LogP contribution is 2.30. The van der Waals surface area contributed by atoms with Crippen LogP contribution < -0.4 is 10.6 Å². The van der Waals surface area contributed by atoms with E-state index in [-0.39, 0.29) is 17.9 Å². The molecule has 1 saturated carbocycles. The molecule has 0 spiro atoms. The van der Waals surface area contributed by atoms with E-state index < -0.39 is 0 Å². The molecule has 0 radical (unpaired) electrons. The van der Waals surface area contributed by atoms with Gasteiger partial charge in [-0.2, -0.15) is 0 Å². The normalized spacial score (nSPS) is 20.3. The summed E-state index contributed by atoms with van der Waals surface area (Å²) >= 11 is 0. The summed E-state index contributed by atoms with van der Waals surface area (Å²) in [5.74, 6) is 0.0251. The van der Waals surface area contributed by atoms with Crippen molar-refractivity contribution in [3.8, 4) is 11.4 Å². The summed E-state index contributed by atoms with van der Waals surface area (Å²) < 4.78 is 0. The average molecular weight is 474 g/mol. The predicted octanol–water partition coefficient (Wildman–Crippen LogP) is 2.72. The fourth-order valence-corrected chi connectivity index (χ4v) is 5.00. The molecule has 176 valence electrons. The fraction of sp³-hybridized carbons (Fsp3) is 0.308. The molecule has 2 aromatic carbocycles. The van der Waals surface area contributed by atoms with Crippen molar-refractivity contribution >= 4 is 38.5 Å². The number of fused-ring (bicyclic) bond motifs is 1. The standard InChI is InChI=1S/C26H31N5O2Si/c1-4-23(32)29-21-7-5-6-17-8-9-18(16-20(17)21)24-27-15-12-22(30-24)25(33)28-19-10-13-26(34,14-11-19)31(2)3/h4-9,12,15-16,19H,1,10-11,13-14H2,2-3,34H3,(H,28,33)(H,29,32). The van der Waals surface area contributed by atoms with Gasteiger partial charge in [0.05, 0.1) is 0 Å². The van der Waals surface area contributed by atoms with Crippen LogP contribution >= 0.6 is 0 Å². The maximum absolute atomic E-state index is 13.0. The SMILES string of the molecule is C=CC(=O)Nc1cccc2ccc(-c3nccc(C(=O)NC4CCC([SiH3])(N(C)C)CC4)n3)cc12. The molecule has 0 aliphatic heterocycles. The van der Waals surface area contributed by atoms with Gasteiger partial charge in [0.25, 0.3) is 5.91 Å². The lowest BCUT2D eigenvalue weighted by Crippen LogP contribution is -2.51. The number of nitrogens with one attached hydrogen (secondary N) is 2. The number of rotatable bonds is 6. The molecule has 0 saturated heterocycles. The number of aromatic nitrogens is 2. The highest BCUT2D eigenvalue weighted by Gasteiger charge is 2.33. The third-order valence-corrected chi connectivity index (χ3v) is 8.84.